The Kier molecular flexibility index (Phi) is 5.81. The summed E-state index contributed by atoms with van der Waals surface area (Å²) in [5.74, 6) is -1.31. The molecule has 6 heteroatoms. The topological polar surface area (TPSA) is 74.3 Å². The van der Waals surface area contributed by atoms with Gasteiger partial charge >= 0.3 is 11.8 Å². The standard InChI is InChI=1S/C23H24N4O2/c28-22(23(29)26-18-10-12-24-13-11-18)25-16-21(27-14-3-4-15-27)20-9-5-7-17-6-1-2-8-19(17)20/h1-2,5-13,21H,3-4,14-16H2,(H,25,28)(H,24,26,29). The molecule has 3 aromatic rings. The van der Waals surface area contributed by atoms with E-state index in [1.807, 2.05) is 12.1 Å². The van der Waals surface area contributed by atoms with Crippen LogP contribution in [0.1, 0.15) is 24.4 Å². The van der Waals surface area contributed by atoms with E-state index in [4.69, 9.17) is 0 Å². The van der Waals surface area contributed by atoms with Gasteiger partial charge in [-0.25, -0.2) is 0 Å². The van der Waals surface area contributed by atoms with Crippen LogP contribution in [0.4, 0.5) is 5.69 Å². The highest BCUT2D eigenvalue weighted by molar-refractivity contribution is 6.39. The minimum atomic E-state index is -0.672. The largest absolute Gasteiger partial charge is 0.346 e. The molecule has 29 heavy (non-hydrogen) atoms. The molecule has 6 nitrogen and oxygen atoms in total. The van der Waals surface area contributed by atoms with Crippen LogP contribution in [0.2, 0.25) is 0 Å². The highest BCUT2D eigenvalue weighted by Gasteiger charge is 2.26. The number of fused-ring (bicyclic) bond motifs is 1. The summed E-state index contributed by atoms with van der Waals surface area (Å²) < 4.78 is 0. The molecule has 0 bridgehead atoms. The maximum Gasteiger partial charge on any atom is 0.313 e. The average Bonchev–Trinajstić information content (AvgIpc) is 3.29. The molecule has 0 radical (unpaired) electrons. The SMILES string of the molecule is O=C(NCC(c1cccc2ccccc12)N1CCCC1)C(=O)Nc1ccncc1. The van der Waals surface area contributed by atoms with Crippen LogP contribution in [-0.2, 0) is 9.59 Å². The maximum atomic E-state index is 12.4. The van der Waals surface area contributed by atoms with Crippen LogP contribution in [-0.4, -0.2) is 41.3 Å². The van der Waals surface area contributed by atoms with E-state index in [0.717, 1.165) is 25.9 Å². The quantitative estimate of drug-likeness (QED) is 0.659. The van der Waals surface area contributed by atoms with Crippen LogP contribution < -0.4 is 10.6 Å². The fraction of sp³-hybridized carbons (Fsp3) is 0.261. The number of pyridine rings is 1. The second-order valence-corrected chi connectivity index (χ2v) is 7.23. The van der Waals surface area contributed by atoms with E-state index in [-0.39, 0.29) is 6.04 Å². The number of rotatable bonds is 5. The maximum absolute atomic E-state index is 12.4. The van der Waals surface area contributed by atoms with Crippen molar-refractivity contribution in [2.24, 2.45) is 0 Å². The third-order valence-electron chi connectivity index (χ3n) is 5.36. The number of nitrogens with zero attached hydrogens (tertiary/aromatic N) is 2. The summed E-state index contributed by atoms with van der Waals surface area (Å²) in [4.78, 5) is 30.9. The van der Waals surface area contributed by atoms with E-state index in [1.165, 1.54) is 16.3 Å². The molecule has 0 saturated carbocycles. The molecule has 2 aromatic carbocycles. The van der Waals surface area contributed by atoms with Gasteiger partial charge in [0.2, 0.25) is 0 Å². The molecular formula is C23H24N4O2. The van der Waals surface area contributed by atoms with Crippen LogP contribution >= 0.6 is 0 Å². The van der Waals surface area contributed by atoms with Crippen molar-refractivity contribution in [2.45, 2.75) is 18.9 Å². The Morgan fingerprint density at radius 1 is 0.931 bits per heavy atom. The van der Waals surface area contributed by atoms with E-state index >= 15 is 0 Å². The smallest absolute Gasteiger partial charge is 0.313 e. The monoisotopic (exact) mass is 388 g/mol. The lowest BCUT2D eigenvalue weighted by molar-refractivity contribution is -0.136. The first-order valence-corrected chi connectivity index (χ1v) is 9.93. The number of nitrogens with one attached hydrogen (secondary N) is 2. The lowest BCUT2D eigenvalue weighted by Gasteiger charge is -2.29. The van der Waals surface area contributed by atoms with Crippen molar-refractivity contribution in [1.82, 2.24) is 15.2 Å². The van der Waals surface area contributed by atoms with Gasteiger partial charge in [-0.05, 0) is 54.4 Å². The number of aromatic nitrogens is 1. The summed E-state index contributed by atoms with van der Waals surface area (Å²) in [7, 11) is 0. The Hall–Kier alpha value is -3.25. The molecule has 2 amide bonds. The minimum absolute atomic E-state index is 0.0290. The van der Waals surface area contributed by atoms with E-state index < -0.39 is 11.8 Å². The molecule has 4 rings (SSSR count). The van der Waals surface area contributed by atoms with Gasteiger partial charge in [0.1, 0.15) is 0 Å². The molecular weight excluding hydrogens is 364 g/mol. The molecule has 1 saturated heterocycles. The second-order valence-electron chi connectivity index (χ2n) is 7.23. The molecule has 0 aliphatic carbocycles. The molecule has 0 spiro atoms. The third kappa shape index (κ3) is 4.43. The van der Waals surface area contributed by atoms with Crippen molar-refractivity contribution in [3.8, 4) is 0 Å². The summed E-state index contributed by atoms with van der Waals surface area (Å²) in [6.45, 7) is 2.37. The number of carbonyl (C=O) groups excluding carboxylic acids is 2. The summed E-state index contributed by atoms with van der Waals surface area (Å²) in [6, 6.07) is 17.9. The van der Waals surface area contributed by atoms with Crippen LogP contribution in [0, 0.1) is 0 Å². The number of hydrogen-bond donors (Lipinski definition) is 2. The average molecular weight is 388 g/mol. The van der Waals surface area contributed by atoms with Crippen LogP contribution in [0.15, 0.2) is 67.0 Å². The highest BCUT2D eigenvalue weighted by atomic mass is 16.2. The van der Waals surface area contributed by atoms with E-state index in [0.29, 0.717) is 12.2 Å². The van der Waals surface area contributed by atoms with Crippen LogP contribution in [0.5, 0.6) is 0 Å². The van der Waals surface area contributed by atoms with Crippen LogP contribution in [0.25, 0.3) is 10.8 Å². The van der Waals surface area contributed by atoms with Crippen molar-refractivity contribution in [3.05, 3.63) is 72.6 Å². The fourth-order valence-corrected chi connectivity index (χ4v) is 3.92. The Bertz CT molecular complexity index is 995. The lowest BCUT2D eigenvalue weighted by Crippen LogP contribution is -2.41. The molecule has 1 aliphatic heterocycles. The molecule has 2 N–H and O–H groups in total. The van der Waals surface area contributed by atoms with Crippen molar-refractivity contribution >= 4 is 28.3 Å². The zero-order valence-corrected chi connectivity index (χ0v) is 16.2. The van der Waals surface area contributed by atoms with E-state index in [2.05, 4.69) is 50.8 Å². The lowest BCUT2D eigenvalue weighted by atomic mass is 9.97. The van der Waals surface area contributed by atoms with Crippen LogP contribution in [0.3, 0.4) is 0 Å². The number of hydrogen-bond acceptors (Lipinski definition) is 4. The van der Waals surface area contributed by atoms with Gasteiger partial charge < -0.3 is 10.6 Å². The predicted molar refractivity (Wildman–Crippen MR) is 113 cm³/mol. The zero-order valence-electron chi connectivity index (χ0n) is 16.2. The van der Waals surface area contributed by atoms with Crippen molar-refractivity contribution in [1.29, 1.82) is 0 Å². The Morgan fingerprint density at radius 3 is 2.45 bits per heavy atom. The first-order chi connectivity index (χ1) is 14.2. The van der Waals surface area contributed by atoms with E-state index in [1.54, 1.807) is 24.5 Å². The van der Waals surface area contributed by atoms with Gasteiger partial charge in [-0.15, -0.1) is 0 Å². The normalized spacial score (nSPS) is 15.2. The van der Waals surface area contributed by atoms with Gasteiger partial charge in [-0.2, -0.15) is 0 Å². The summed E-state index contributed by atoms with van der Waals surface area (Å²) in [6.07, 6.45) is 5.43. The number of anilines is 1. The highest BCUT2D eigenvalue weighted by Crippen LogP contribution is 2.30. The van der Waals surface area contributed by atoms with Gasteiger partial charge in [-0.1, -0.05) is 42.5 Å². The van der Waals surface area contributed by atoms with Crippen molar-refractivity contribution in [2.75, 3.05) is 25.0 Å². The van der Waals surface area contributed by atoms with E-state index in [9.17, 15) is 9.59 Å². The first-order valence-electron chi connectivity index (χ1n) is 9.93. The summed E-state index contributed by atoms with van der Waals surface area (Å²) in [5, 5.41) is 7.79. The Morgan fingerprint density at radius 2 is 1.66 bits per heavy atom. The van der Waals surface area contributed by atoms with Gasteiger partial charge in [0.25, 0.3) is 0 Å². The zero-order chi connectivity index (χ0) is 20.1. The minimum Gasteiger partial charge on any atom is -0.346 e. The first kappa shape index (κ1) is 19.1. The molecule has 1 atom stereocenters. The Balaban J connectivity index is 1.51. The molecule has 1 fully saturated rings. The van der Waals surface area contributed by atoms with Crippen molar-refractivity contribution in [3.63, 3.8) is 0 Å². The summed E-state index contributed by atoms with van der Waals surface area (Å²) in [5.41, 5.74) is 1.73. The predicted octanol–water partition coefficient (Wildman–Crippen LogP) is 3.13. The van der Waals surface area contributed by atoms with Gasteiger partial charge in [-0.3, -0.25) is 19.5 Å². The van der Waals surface area contributed by atoms with Gasteiger partial charge in [0.05, 0.1) is 6.04 Å². The molecule has 2 heterocycles. The number of amides is 2. The van der Waals surface area contributed by atoms with Gasteiger partial charge in [0, 0.05) is 24.6 Å². The van der Waals surface area contributed by atoms with Crippen molar-refractivity contribution < 1.29 is 9.59 Å². The molecule has 1 unspecified atom stereocenters. The number of likely N-dealkylation sites (tertiary alicyclic amines) is 1. The third-order valence-corrected chi connectivity index (χ3v) is 5.36. The molecule has 148 valence electrons. The Labute approximate surface area is 169 Å². The summed E-state index contributed by atoms with van der Waals surface area (Å²) >= 11 is 0. The molecule has 1 aromatic heterocycles. The molecule has 1 aliphatic rings. The van der Waals surface area contributed by atoms with Gasteiger partial charge in [0.15, 0.2) is 0 Å². The fourth-order valence-electron chi connectivity index (χ4n) is 3.92. The number of carbonyl (C=O) groups is 2. The second kappa shape index (κ2) is 8.84. The number of benzene rings is 2.